The van der Waals surface area contributed by atoms with E-state index in [1.54, 1.807) is 12.5 Å². The molecule has 25 heavy (non-hydrogen) atoms. The van der Waals surface area contributed by atoms with Gasteiger partial charge in [-0.2, -0.15) is 4.98 Å². The number of nitrogens with one attached hydrogen (secondary N) is 1. The van der Waals surface area contributed by atoms with Crippen molar-refractivity contribution in [3.8, 4) is 5.82 Å². The molecular formula is C19H19N5S. The standard InChI is InChI=1S/C19H19N5S/c1-12-10-15(14(3)25-12)13(2)22-19-20-9-8-18(23-19)24-11-21-16-6-4-5-7-17(16)24/h4-11,13H,1-3H3,(H,20,22,23). The number of nitrogens with zero attached hydrogens (tertiary/aromatic N) is 4. The molecule has 0 aliphatic carbocycles. The zero-order valence-corrected chi connectivity index (χ0v) is 15.2. The van der Waals surface area contributed by atoms with Crippen molar-refractivity contribution in [3.05, 3.63) is 64.2 Å². The summed E-state index contributed by atoms with van der Waals surface area (Å²) >= 11 is 1.82. The summed E-state index contributed by atoms with van der Waals surface area (Å²) in [6, 6.07) is 12.3. The maximum atomic E-state index is 4.67. The van der Waals surface area contributed by atoms with Gasteiger partial charge in [0.2, 0.25) is 5.95 Å². The fraction of sp³-hybridized carbons (Fsp3) is 0.211. The Bertz CT molecular complexity index is 1030. The zero-order valence-electron chi connectivity index (χ0n) is 14.4. The van der Waals surface area contributed by atoms with E-state index in [1.807, 2.05) is 46.2 Å². The number of benzene rings is 1. The lowest BCUT2D eigenvalue weighted by molar-refractivity contribution is 0.852. The van der Waals surface area contributed by atoms with Crippen LogP contribution in [-0.4, -0.2) is 19.5 Å². The van der Waals surface area contributed by atoms with Gasteiger partial charge in [0.15, 0.2) is 0 Å². The van der Waals surface area contributed by atoms with E-state index in [2.05, 4.69) is 47.1 Å². The first kappa shape index (κ1) is 15.8. The van der Waals surface area contributed by atoms with Crippen LogP contribution in [0.4, 0.5) is 5.95 Å². The first-order valence-corrected chi connectivity index (χ1v) is 9.02. The summed E-state index contributed by atoms with van der Waals surface area (Å²) in [5.41, 5.74) is 3.28. The fourth-order valence-corrected chi connectivity index (χ4v) is 4.07. The highest BCUT2D eigenvalue weighted by molar-refractivity contribution is 7.12. The second-order valence-corrected chi connectivity index (χ2v) is 7.54. The van der Waals surface area contributed by atoms with Gasteiger partial charge in [-0.1, -0.05) is 12.1 Å². The Kier molecular flexibility index (Phi) is 3.97. The predicted molar refractivity (Wildman–Crippen MR) is 102 cm³/mol. The molecule has 1 unspecified atom stereocenters. The van der Waals surface area contributed by atoms with Crippen LogP contribution in [-0.2, 0) is 0 Å². The quantitative estimate of drug-likeness (QED) is 0.582. The molecule has 0 saturated heterocycles. The van der Waals surface area contributed by atoms with Crippen molar-refractivity contribution >= 4 is 28.3 Å². The van der Waals surface area contributed by atoms with Crippen LogP contribution < -0.4 is 5.32 Å². The molecule has 0 saturated carbocycles. The van der Waals surface area contributed by atoms with Crippen molar-refractivity contribution in [1.29, 1.82) is 0 Å². The summed E-state index contributed by atoms with van der Waals surface area (Å²) < 4.78 is 1.98. The van der Waals surface area contributed by atoms with Gasteiger partial charge in [-0.05, 0) is 50.6 Å². The third-order valence-electron chi connectivity index (χ3n) is 4.23. The smallest absolute Gasteiger partial charge is 0.225 e. The molecule has 0 radical (unpaired) electrons. The summed E-state index contributed by atoms with van der Waals surface area (Å²) in [4.78, 5) is 16.1. The second-order valence-electron chi connectivity index (χ2n) is 6.08. The van der Waals surface area contributed by atoms with E-state index in [-0.39, 0.29) is 6.04 Å². The third kappa shape index (κ3) is 3.00. The molecule has 0 amide bonds. The van der Waals surface area contributed by atoms with E-state index in [0.717, 1.165) is 16.9 Å². The van der Waals surface area contributed by atoms with Crippen LogP contribution in [0.1, 0.15) is 28.3 Å². The summed E-state index contributed by atoms with van der Waals surface area (Å²) in [6.45, 7) is 6.42. The number of anilines is 1. The van der Waals surface area contributed by atoms with Crippen molar-refractivity contribution in [2.24, 2.45) is 0 Å². The Morgan fingerprint density at radius 1 is 1.12 bits per heavy atom. The van der Waals surface area contributed by atoms with Crippen LogP contribution in [0.5, 0.6) is 0 Å². The second kappa shape index (κ2) is 6.29. The van der Waals surface area contributed by atoms with E-state index < -0.39 is 0 Å². The van der Waals surface area contributed by atoms with E-state index in [0.29, 0.717) is 5.95 Å². The minimum atomic E-state index is 0.153. The number of fused-ring (bicyclic) bond motifs is 1. The minimum absolute atomic E-state index is 0.153. The molecule has 0 spiro atoms. The summed E-state index contributed by atoms with van der Waals surface area (Å²) in [6.07, 6.45) is 3.57. The topological polar surface area (TPSA) is 55.6 Å². The van der Waals surface area contributed by atoms with Crippen LogP contribution in [0.3, 0.4) is 0 Å². The van der Waals surface area contributed by atoms with Crippen molar-refractivity contribution < 1.29 is 0 Å². The van der Waals surface area contributed by atoms with Gasteiger partial charge in [0, 0.05) is 16.0 Å². The predicted octanol–water partition coefficient (Wildman–Crippen LogP) is 4.67. The number of imidazole rings is 1. The van der Waals surface area contributed by atoms with E-state index in [1.165, 1.54) is 15.3 Å². The molecule has 0 aliphatic heterocycles. The molecule has 0 bridgehead atoms. The summed E-state index contributed by atoms with van der Waals surface area (Å²) in [7, 11) is 0. The molecule has 5 nitrogen and oxygen atoms in total. The first-order chi connectivity index (χ1) is 12.1. The number of thiophene rings is 1. The molecule has 3 heterocycles. The highest BCUT2D eigenvalue weighted by Crippen LogP contribution is 2.28. The highest BCUT2D eigenvalue weighted by atomic mass is 32.1. The van der Waals surface area contributed by atoms with Gasteiger partial charge in [-0.15, -0.1) is 11.3 Å². The van der Waals surface area contributed by atoms with E-state index in [9.17, 15) is 0 Å². The van der Waals surface area contributed by atoms with Crippen molar-refractivity contribution in [1.82, 2.24) is 19.5 Å². The molecule has 1 N–H and O–H groups in total. The third-order valence-corrected chi connectivity index (χ3v) is 5.21. The van der Waals surface area contributed by atoms with Gasteiger partial charge in [0.1, 0.15) is 12.1 Å². The Morgan fingerprint density at radius 2 is 1.96 bits per heavy atom. The van der Waals surface area contributed by atoms with Crippen molar-refractivity contribution in [3.63, 3.8) is 0 Å². The lowest BCUT2D eigenvalue weighted by Gasteiger charge is -2.14. The average molecular weight is 349 g/mol. The van der Waals surface area contributed by atoms with Crippen LogP contribution in [0.2, 0.25) is 0 Å². The van der Waals surface area contributed by atoms with Crippen LogP contribution in [0, 0.1) is 13.8 Å². The van der Waals surface area contributed by atoms with Crippen molar-refractivity contribution in [2.75, 3.05) is 5.32 Å². The SMILES string of the molecule is Cc1cc(C(C)Nc2nccc(-n3cnc4ccccc43)n2)c(C)s1. The number of para-hydroxylation sites is 2. The monoisotopic (exact) mass is 349 g/mol. The molecule has 1 aromatic carbocycles. The molecule has 0 fully saturated rings. The molecule has 4 rings (SSSR count). The number of aromatic nitrogens is 4. The lowest BCUT2D eigenvalue weighted by Crippen LogP contribution is -2.10. The largest absolute Gasteiger partial charge is 0.348 e. The molecule has 0 aliphatic rings. The average Bonchev–Trinajstić information content (AvgIpc) is 3.18. The minimum Gasteiger partial charge on any atom is -0.348 e. The summed E-state index contributed by atoms with van der Waals surface area (Å²) in [5.74, 6) is 1.42. The van der Waals surface area contributed by atoms with Crippen LogP contribution in [0.25, 0.3) is 16.9 Å². The van der Waals surface area contributed by atoms with Gasteiger partial charge in [-0.3, -0.25) is 4.57 Å². The number of hydrogen-bond acceptors (Lipinski definition) is 5. The maximum Gasteiger partial charge on any atom is 0.225 e. The molecule has 1 atom stereocenters. The molecule has 126 valence electrons. The maximum absolute atomic E-state index is 4.67. The zero-order chi connectivity index (χ0) is 17.4. The van der Waals surface area contributed by atoms with Gasteiger partial charge in [0.25, 0.3) is 0 Å². The van der Waals surface area contributed by atoms with Crippen molar-refractivity contribution in [2.45, 2.75) is 26.8 Å². The van der Waals surface area contributed by atoms with Crippen LogP contribution >= 0.6 is 11.3 Å². The Balaban J connectivity index is 1.64. The lowest BCUT2D eigenvalue weighted by atomic mass is 10.1. The summed E-state index contributed by atoms with van der Waals surface area (Å²) in [5, 5.41) is 3.41. The molecule has 4 aromatic rings. The van der Waals surface area contributed by atoms with Gasteiger partial charge in [-0.25, -0.2) is 9.97 Å². The molecular weight excluding hydrogens is 330 g/mol. The Hall–Kier alpha value is -2.73. The Labute approximate surface area is 150 Å². The van der Waals surface area contributed by atoms with E-state index in [4.69, 9.17) is 0 Å². The highest BCUT2D eigenvalue weighted by Gasteiger charge is 2.13. The van der Waals surface area contributed by atoms with Crippen LogP contribution in [0.15, 0.2) is 48.9 Å². The number of hydrogen-bond donors (Lipinski definition) is 1. The van der Waals surface area contributed by atoms with Gasteiger partial charge >= 0.3 is 0 Å². The molecule has 6 heteroatoms. The first-order valence-electron chi connectivity index (χ1n) is 8.21. The normalized spacial score (nSPS) is 12.4. The Morgan fingerprint density at radius 3 is 2.76 bits per heavy atom. The fourth-order valence-electron chi connectivity index (χ4n) is 3.05. The van der Waals surface area contributed by atoms with E-state index >= 15 is 0 Å². The van der Waals surface area contributed by atoms with Gasteiger partial charge < -0.3 is 5.32 Å². The number of aryl methyl sites for hydroxylation is 2. The molecule has 3 aromatic heterocycles. The van der Waals surface area contributed by atoms with Gasteiger partial charge in [0.05, 0.1) is 17.1 Å². The number of rotatable bonds is 4.